The average Bonchev–Trinajstić information content (AvgIpc) is 3.37. The number of carbonyl (C=O) groups excluding carboxylic acids is 1. The fourth-order valence-electron chi connectivity index (χ4n) is 6.27. The monoisotopic (exact) mass is 545 g/mol. The third kappa shape index (κ3) is 4.51. The first-order chi connectivity index (χ1) is 17.8. The predicted molar refractivity (Wildman–Crippen MR) is 140 cm³/mol. The highest BCUT2D eigenvalue weighted by Crippen LogP contribution is 2.47. The number of halogens is 1. The summed E-state index contributed by atoms with van der Waals surface area (Å²) in [4.78, 5) is 29.8. The number of aromatic carboxylic acids is 1. The van der Waals surface area contributed by atoms with E-state index in [-0.39, 0.29) is 17.2 Å². The van der Waals surface area contributed by atoms with Crippen molar-refractivity contribution in [1.82, 2.24) is 9.88 Å². The first-order valence-electron chi connectivity index (χ1n) is 12.7. The summed E-state index contributed by atoms with van der Waals surface area (Å²) in [7, 11) is -3.44. The van der Waals surface area contributed by atoms with Crippen LogP contribution >= 0.6 is 0 Å². The van der Waals surface area contributed by atoms with E-state index in [4.69, 9.17) is 10.5 Å². The molecule has 2 aromatic rings. The number of hydrogen-bond donors (Lipinski definition) is 3. The van der Waals surface area contributed by atoms with Crippen LogP contribution < -0.4 is 5.73 Å². The van der Waals surface area contributed by atoms with Crippen LogP contribution in [-0.2, 0) is 14.6 Å². The Bertz CT molecular complexity index is 1490. The van der Waals surface area contributed by atoms with E-state index in [0.717, 1.165) is 24.7 Å². The molecule has 0 bridgehead atoms. The molecular formula is C27H32FN3O6S. The maximum atomic E-state index is 15.1. The Morgan fingerprint density at radius 2 is 2.05 bits per heavy atom. The van der Waals surface area contributed by atoms with Crippen molar-refractivity contribution < 1.29 is 32.2 Å². The number of carboxylic acid groups (broad SMARTS) is 1. The van der Waals surface area contributed by atoms with Gasteiger partial charge in [0, 0.05) is 17.6 Å². The largest absolute Gasteiger partial charge is 0.477 e. The van der Waals surface area contributed by atoms with E-state index >= 15 is 4.39 Å². The lowest BCUT2D eigenvalue weighted by Crippen LogP contribution is -2.49. The zero-order valence-electron chi connectivity index (χ0n) is 21.5. The van der Waals surface area contributed by atoms with Gasteiger partial charge < -0.3 is 20.6 Å². The molecule has 1 aromatic carbocycles. The van der Waals surface area contributed by atoms with Crippen LogP contribution in [0.3, 0.4) is 0 Å². The average molecular weight is 546 g/mol. The van der Waals surface area contributed by atoms with Crippen LogP contribution in [-0.4, -0.2) is 66.2 Å². The minimum atomic E-state index is -3.44. The first-order valence-corrected chi connectivity index (χ1v) is 14.7. The molecule has 204 valence electrons. The zero-order valence-corrected chi connectivity index (χ0v) is 22.3. The van der Waals surface area contributed by atoms with Gasteiger partial charge in [0.05, 0.1) is 23.9 Å². The summed E-state index contributed by atoms with van der Waals surface area (Å²) < 4.78 is 44.3. The van der Waals surface area contributed by atoms with Crippen molar-refractivity contribution in [1.29, 1.82) is 0 Å². The van der Waals surface area contributed by atoms with Crippen LogP contribution in [0, 0.1) is 11.8 Å². The molecule has 1 amide bonds. The molecule has 2 aliphatic carbocycles. The second-order valence-corrected chi connectivity index (χ2v) is 13.2. The van der Waals surface area contributed by atoms with Crippen molar-refractivity contribution >= 4 is 32.8 Å². The smallest absolute Gasteiger partial charge is 0.411 e. The quantitative estimate of drug-likeness (QED) is 0.476. The van der Waals surface area contributed by atoms with E-state index in [9.17, 15) is 23.1 Å². The topological polar surface area (TPSA) is 143 Å². The number of ether oxygens (including phenoxy) is 1. The molecule has 3 aliphatic rings. The number of nitrogens with zero attached hydrogens (tertiary/aromatic N) is 1. The number of aromatic nitrogens is 1. The lowest BCUT2D eigenvalue weighted by molar-refractivity contribution is -0.0439. The van der Waals surface area contributed by atoms with Crippen LogP contribution in [0.5, 0.6) is 0 Å². The Morgan fingerprint density at radius 3 is 2.68 bits per heavy atom. The molecular weight excluding hydrogens is 513 g/mol. The lowest BCUT2D eigenvalue weighted by atomic mass is 9.71. The minimum Gasteiger partial charge on any atom is -0.477 e. The van der Waals surface area contributed by atoms with Crippen molar-refractivity contribution in [3.05, 3.63) is 58.6 Å². The minimum absolute atomic E-state index is 0.0641. The van der Waals surface area contributed by atoms with E-state index in [1.807, 2.05) is 13.0 Å². The Kier molecular flexibility index (Phi) is 6.42. The third-order valence-electron chi connectivity index (χ3n) is 8.10. The second kappa shape index (κ2) is 9.23. The normalized spacial score (nSPS) is 28.2. The van der Waals surface area contributed by atoms with Gasteiger partial charge in [0.25, 0.3) is 0 Å². The van der Waals surface area contributed by atoms with Crippen LogP contribution in [0.4, 0.5) is 9.18 Å². The van der Waals surface area contributed by atoms with Crippen molar-refractivity contribution in [2.45, 2.75) is 44.2 Å². The SMILES string of the molecule is CC1C=C(CS(C)(=O)=O)C(F)=CC1c1c(C(=O)O)[nH]c2c([C@H](C)N3CC4(CC(CN)C4)OC3=O)cccc12. The highest BCUT2D eigenvalue weighted by atomic mass is 32.2. The third-order valence-corrected chi connectivity index (χ3v) is 8.94. The highest BCUT2D eigenvalue weighted by Gasteiger charge is 2.54. The summed E-state index contributed by atoms with van der Waals surface area (Å²) in [5, 5.41) is 10.7. The Balaban J connectivity index is 1.52. The number of para-hydroxylation sites is 1. The molecule has 1 saturated heterocycles. The number of amides is 1. The van der Waals surface area contributed by atoms with E-state index in [0.29, 0.717) is 35.5 Å². The van der Waals surface area contributed by atoms with Gasteiger partial charge >= 0.3 is 12.1 Å². The zero-order chi connectivity index (χ0) is 27.6. The van der Waals surface area contributed by atoms with Gasteiger partial charge in [0.15, 0.2) is 9.84 Å². The van der Waals surface area contributed by atoms with Gasteiger partial charge in [-0.2, -0.15) is 0 Å². The molecule has 5 rings (SSSR count). The number of aromatic amines is 1. The van der Waals surface area contributed by atoms with E-state index in [1.165, 1.54) is 6.08 Å². The number of nitrogens with one attached hydrogen (secondary N) is 1. The summed E-state index contributed by atoms with van der Waals surface area (Å²) >= 11 is 0. The molecule has 1 spiro atoms. The Morgan fingerprint density at radius 1 is 1.34 bits per heavy atom. The van der Waals surface area contributed by atoms with Gasteiger partial charge in [-0.25, -0.2) is 22.4 Å². The number of hydrogen-bond acceptors (Lipinski definition) is 6. The molecule has 2 unspecified atom stereocenters. The van der Waals surface area contributed by atoms with Crippen molar-refractivity contribution in [3.8, 4) is 0 Å². The number of benzene rings is 1. The molecule has 1 aromatic heterocycles. The number of rotatable bonds is 7. The van der Waals surface area contributed by atoms with E-state index < -0.39 is 51.0 Å². The number of H-pyrrole nitrogens is 1. The summed E-state index contributed by atoms with van der Waals surface area (Å²) in [6, 6.07) is 5.00. The predicted octanol–water partition coefficient (Wildman–Crippen LogP) is 4.04. The van der Waals surface area contributed by atoms with Gasteiger partial charge in [-0.15, -0.1) is 0 Å². The molecule has 11 heteroatoms. The molecule has 1 saturated carbocycles. The molecule has 38 heavy (non-hydrogen) atoms. The van der Waals surface area contributed by atoms with Crippen molar-refractivity contribution in [3.63, 3.8) is 0 Å². The second-order valence-electron chi connectivity index (χ2n) is 11.0. The van der Waals surface area contributed by atoms with Crippen LogP contribution in [0.25, 0.3) is 10.9 Å². The van der Waals surface area contributed by atoms with Gasteiger partial charge in [-0.05, 0) is 60.9 Å². The fourth-order valence-corrected chi connectivity index (χ4v) is 7.07. The number of carbonyl (C=O) groups is 2. The van der Waals surface area contributed by atoms with Gasteiger partial charge in [-0.3, -0.25) is 4.90 Å². The molecule has 2 fully saturated rings. The molecule has 2 heterocycles. The van der Waals surface area contributed by atoms with Crippen molar-refractivity contribution in [2.24, 2.45) is 17.6 Å². The van der Waals surface area contributed by atoms with Gasteiger partial charge in [-0.1, -0.05) is 31.2 Å². The fraction of sp³-hybridized carbons (Fsp3) is 0.481. The number of nitrogens with two attached hydrogens (primary N) is 1. The molecule has 3 atom stereocenters. The summed E-state index contributed by atoms with van der Waals surface area (Å²) in [6.07, 6.45) is 4.95. The standard InChI is InChI=1S/C27H32FN3O6S/c1-14-7-17(12-38(3,35)36)21(28)8-20(14)22-19-6-4-5-18(23(19)30-24(22)25(32)33)15(2)31-13-27(37-26(31)34)9-16(10-27)11-29/h4-8,14-16,20,30H,9-13,29H2,1-3H3,(H,32,33)/t14?,15-,16?,20?,27?/m0/s1. The van der Waals surface area contributed by atoms with E-state index in [1.54, 1.807) is 30.0 Å². The van der Waals surface area contributed by atoms with E-state index in [2.05, 4.69) is 4.98 Å². The first kappa shape index (κ1) is 26.4. The summed E-state index contributed by atoms with van der Waals surface area (Å²) in [5.41, 5.74) is 6.95. The maximum Gasteiger partial charge on any atom is 0.411 e. The molecule has 0 radical (unpaired) electrons. The molecule has 4 N–H and O–H groups in total. The highest BCUT2D eigenvalue weighted by molar-refractivity contribution is 7.90. The Hall–Kier alpha value is -3.18. The van der Waals surface area contributed by atoms with Crippen LogP contribution in [0.2, 0.25) is 0 Å². The lowest BCUT2D eigenvalue weighted by Gasteiger charge is -2.42. The summed E-state index contributed by atoms with van der Waals surface area (Å²) in [6.45, 7) is 4.66. The Labute approximate surface area is 220 Å². The van der Waals surface area contributed by atoms with Crippen LogP contribution in [0.15, 0.2) is 41.8 Å². The van der Waals surface area contributed by atoms with Gasteiger partial charge in [0.2, 0.25) is 0 Å². The number of fused-ring (bicyclic) bond motifs is 1. The molecule has 9 nitrogen and oxygen atoms in total. The van der Waals surface area contributed by atoms with Crippen molar-refractivity contribution in [2.75, 3.05) is 25.1 Å². The van der Waals surface area contributed by atoms with Crippen LogP contribution in [0.1, 0.15) is 60.3 Å². The molecule has 1 aliphatic heterocycles. The number of sulfone groups is 1. The maximum absolute atomic E-state index is 15.1. The number of carboxylic acids is 1. The summed E-state index contributed by atoms with van der Waals surface area (Å²) in [5.74, 6) is -2.94. The number of allylic oxidation sites excluding steroid dienone is 3. The van der Waals surface area contributed by atoms with Gasteiger partial charge in [0.1, 0.15) is 17.1 Å².